The molecular weight excluding hydrogens is 200 g/mol. The van der Waals surface area contributed by atoms with E-state index in [2.05, 4.69) is 18.7 Å². The SMILES string of the molecule is CCC1(CC)CC(N2CCCC2=N)CCO1. The van der Waals surface area contributed by atoms with Crippen LogP contribution in [0.25, 0.3) is 0 Å². The lowest BCUT2D eigenvalue weighted by molar-refractivity contribution is -0.102. The number of rotatable bonds is 3. The molecule has 2 aliphatic rings. The van der Waals surface area contributed by atoms with Crippen LogP contribution < -0.4 is 0 Å². The van der Waals surface area contributed by atoms with E-state index in [1.165, 1.54) is 6.42 Å². The molecule has 0 aliphatic carbocycles. The number of hydrogen-bond acceptors (Lipinski definition) is 2. The minimum absolute atomic E-state index is 0.0891. The molecule has 1 atom stereocenters. The van der Waals surface area contributed by atoms with Gasteiger partial charge in [-0.1, -0.05) is 13.8 Å². The van der Waals surface area contributed by atoms with Crippen LogP contribution in [0.2, 0.25) is 0 Å². The molecule has 2 fully saturated rings. The molecule has 3 heteroatoms. The van der Waals surface area contributed by atoms with E-state index in [9.17, 15) is 0 Å². The number of nitrogens with zero attached hydrogens (tertiary/aromatic N) is 1. The zero-order chi connectivity index (χ0) is 11.6. The Hall–Kier alpha value is -0.570. The van der Waals surface area contributed by atoms with Crippen LogP contribution in [-0.2, 0) is 4.74 Å². The second-order valence-electron chi connectivity index (χ2n) is 5.13. The van der Waals surface area contributed by atoms with Crippen LogP contribution in [-0.4, -0.2) is 35.5 Å². The highest BCUT2D eigenvalue weighted by molar-refractivity contribution is 5.81. The van der Waals surface area contributed by atoms with Crippen molar-refractivity contribution in [1.29, 1.82) is 5.41 Å². The van der Waals surface area contributed by atoms with Crippen LogP contribution in [0.4, 0.5) is 0 Å². The monoisotopic (exact) mass is 224 g/mol. The van der Waals surface area contributed by atoms with Crippen molar-refractivity contribution in [2.45, 2.75) is 64.0 Å². The Kier molecular flexibility index (Phi) is 3.53. The standard InChI is InChI=1S/C13H24N2O/c1-3-13(4-2)10-11(7-9-16-13)15-8-5-6-12(15)14/h11,14H,3-10H2,1-2H3. The predicted molar refractivity (Wildman–Crippen MR) is 66.0 cm³/mol. The second-order valence-corrected chi connectivity index (χ2v) is 5.13. The molecule has 0 spiro atoms. The third kappa shape index (κ3) is 2.10. The van der Waals surface area contributed by atoms with E-state index in [4.69, 9.17) is 10.1 Å². The molecule has 1 N–H and O–H groups in total. The predicted octanol–water partition coefficient (Wildman–Crippen LogP) is 2.80. The molecule has 92 valence electrons. The second kappa shape index (κ2) is 4.74. The number of ether oxygens (including phenoxy) is 1. The van der Waals surface area contributed by atoms with Crippen molar-refractivity contribution < 1.29 is 4.74 Å². The molecule has 0 aromatic heterocycles. The van der Waals surface area contributed by atoms with Gasteiger partial charge in [-0.3, -0.25) is 5.41 Å². The Morgan fingerprint density at radius 2 is 2.19 bits per heavy atom. The van der Waals surface area contributed by atoms with Gasteiger partial charge in [0.1, 0.15) is 0 Å². The van der Waals surface area contributed by atoms with Gasteiger partial charge < -0.3 is 9.64 Å². The summed E-state index contributed by atoms with van der Waals surface area (Å²) in [6.07, 6.45) is 6.55. The first-order chi connectivity index (χ1) is 7.71. The fraction of sp³-hybridized carbons (Fsp3) is 0.923. The number of hydrogen-bond donors (Lipinski definition) is 1. The van der Waals surface area contributed by atoms with E-state index in [0.29, 0.717) is 6.04 Å². The van der Waals surface area contributed by atoms with Gasteiger partial charge in [0.25, 0.3) is 0 Å². The summed E-state index contributed by atoms with van der Waals surface area (Å²) in [6.45, 7) is 6.41. The van der Waals surface area contributed by atoms with Crippen LogP contribution in [0.1, 0.15) is 52.4 Å². The number of amidine groups is 1. The lowest BCUT2D eigenvalue weighted by Crippen LogP contribution is -2.48. The summed E-state index contributed by atoms with van der Waals surface area (Å²) in [7, 11) is 0. The van der Waals surface area contributed by atoms with E-state index in [0.717, 1.165) is 51.1 Å². The van der Waals surface area contributed by atoms with Crippen molar-refractivity contribution in [2.75, 3.05) is 13.2 Å². The maximum absolute atomic E-state index is 7.97. The molecule has 0 aromatic rings. The Bertz CT molecular complexity index is 261. The number of nitrogens with one attached hydrogen (secondary N) is 1. The first kappa shape index (κ1) is 11.9. The van der Waals surface area contributed by atoms with E-state index in [1.807, 2.05) is 0 Å². The maximum Gasteiger partial charge on any atom is 0.0960 e. The summed E-state index contributed by atoms with van der Waals surface area (Å²) in [4.78, 5) is 2.32. The van der Waals surface area contributed by atoms with Gasteiger partial charge in [0.2, 0.25) is 0 Å². The van der Waals surface area contributed by atoms with Crippen molar-refractivity contribution >= 4 is 5.84 Å². The quantitative estimate of drug-likeness (QED) is 0.800. The minimum Gasteiger partial charge on any atom is -0.375 e. The van der Waals surface area contributed by atoms with Crippen LogP contribution in [0.3, 0.4) is 0 Å². The molecule has 2 heterocycles. The van der Waals surface area contributed by atoms with Crippen molar-refractivity contribution in [3.8, 4) is 0 Å². The summed E-state index contributed by atoms with van der Waals surface area (Å²) >= 11 is 0. The third-order valence-electron chi connectivity index (χ3n) is 4.36. The van der Waals surface area contributed by atoms with Gasteiger partial charge in [0.05, 0.1) is 11.4 Å². The Morgan fingerprint density at radius 3 is 2.75 bits per heavy atom. The molecule has 0 radical (unpaired) electrons. The first-order valence-electron chi connectivity index (χ1n) is 6.69. The van der Waals surface area contributed by atoms with Crippen molar-refractivity contribution in [3.63, 3.8) is 0 Å². The molecule has 2 saturated heterocycles. The van der Waals surface area contributed by atoms with E-state index in [-0.39, 0.29) is 5.60 Å². The first-order valence-corrected chi connectivity index (χ1v) is 6.69. The van der Waals surface area contributed by atoms with E-state index >= 15 is 0 Å². The molecule has 2 rings (SSSR count). The van der Waals surface area contributed by atoms with E-state index in [1.54, 1.807) is 0 Å². The molecule has 0 aromatic carbocycles. The highest BCUT2D eigenvalue weighted by atomic mass is 16.5. The van der Waals surface area contributed by atoms with Gasteiger partial charge in [-0.2, -0.15) is 0 Å². The summed E-state index contributed by atoms with van der Waals surface area (Å²) in [6, 6.07) is 0.559. The molecule has 16 heavy (non-hydrogen) atoms. The molecule has 0 saturated carbocycles. The van der Waals surface area contributed by atoms with Gasteiger partial charge in [-0.15, -0.1) is 0 Å². The smallest absolute Gasteiger partial charge is 0.0960 e. The molecule has 0 amide bonds. The van der Waals surface area contributed by atoms with Crippen molar-refractivity contribution in [3.05, 3.63) is 0 Å². The van der Waals surface area contributed by atoms with Gasteiger partial charge in [0.15, 0.2) is 0 Å². The average molecular weight is 224 g/mol. The fourth-order valence-electron chi connectivity index (χ4n) is 3.11. The zero-order valence-corrected chi connectivity index (χ0v) is 10.6. The van der Waals surface area contributed by atoms with Gasteiger partial charge in [0, 0.05) is 25.6 Å². The van der Waals surface area contributed by atoms with Crippen molar-refractivity contribution in [1.82, 2.24) is 4.90 Å². The van der Waals surface area contributed by atoms with Crippen LogP contribution in [0, 0.1) is 5.41 Å². The summed E-state index contributed by atoms with van der Waals surface area (Å²) in [5.41, 5.74) is 0.0891. The Morgan fingerprint density at radius 1 is 1.44 bits per heavy atom. The third-order valence-corrected chi connectivity index (χ3v) is 4.36. The van der Waals surface area contributed by atoms with Gasteiger partial charge in [-0.25, -0.2) is 0 Å². The number of likely N-dealkylation sites (tertiary alicyclic amines) is 1. The minimum atomic E-state index is 0.0891. The topological polar surface area (TPSA) is 36.3 Å². The largest absolute Gasteiger partial charge is 0.375 e. The Balaban J connectivity index is 2.03. The van der Waals surface area contributed by atoms with Gasteiger partial charge in [-0.05, 0) is 32.1 Å². The van der Waals surface area contributed by atoms with Crippen LogP contribution in [0.5, 0.6) is 0 Å². The molecular formula is C13H24N2O. The fourth-order valence-corrected chi connectivity index (χ4v) is 3.11. The summed E-state index contributed by atoms with van der Waals surface area (Å²) < 4.78 is 5.99. The van der Waals surface area contributed by atoms with Crippen molar-refractivity contribution in [2.24, 2.45) is 0 Å². The Labute approximate surface area is 98.7 Å². The highest BCUT2D eigenvalue weighted by Gasteiger charge is 2.38. The molecule has 3 nitrogen and oxygen atoms in total. The lowest BCUT2D eigenvalue weighted by atomic mass is 9.85. The summed E-state index contributed by atoms with van der Waals surface area (Å²) in [5.74, 6) is 0.855. The highest BCUT2D eigenvalue weighted by Crippen LogP contribution is 2.34. The van der Waals surface area contributed by atoms with Crippen LogP contribution >= 0.6 is 0 Å². The van der Waals surface area contributed by atoms with E-state index < -0.39 is 0 Å². The average Bonchev–Trinajstić information content (AvgIpc) is 2.75. The molecule has 2 aliphatic heterocycles. The maximum atomic E-state index is 7.97. The molecule has 1 unspecified atom stereocenters. The zero-order valence-electron chi connectivity index (χ0n) is 10.6. The van der Waals surface area contributed by atoms with Crippen LogP contribution in [0.15, 0.2) is 0 Å². The molecule has 0 bridgehead atoms. The lowest BCUT2D eigenvalue weighted by Gasteiger charge is -2.43. The normalized spacial score (nSPS) is 29.8. The summed E-state index contributed by atoms with van der Waals surface area (Å²) in [5, 5.41) is 7.97. The van der Waals surface area contributed by atoms with Gasteiger partial charge >= 0.3 is 0 Å².